The summed E-state index contributed by atoms with van der Waals surface area (Å²) in [6.07, 6.45) is -9.02. The molecule has 0 spiro atoms. The Morgan fingerprint density at radius 2 is 1.52 bits per heavy atom. The zero-order valence-electron chi connectivity index (χ0n) is 15.7. The number of hydrogen-bond donors (Lipinski definition) is 1. The first-order valence-electron chi connectivity index (χ1n) is 8.64. The quantitative estimate of drug-likeness (QED) is 0.454. The van der Waals surface area contributed by atoms with Gasteiger partial charge in [0.1, 0.15) is 21.6 Å². The van der Waals surface area contributed by atoms with Gasteiger partial charge in [-0.25, -0.2) is 0 Å². The number of nitriles is 1. The van der Waals surface area contributed by atoms with Crippen LogP contribution in [0.15, 0.2) is 42.5 Å². The van der Waals surface area contributed by atoms with E-state index in [9.17, 15) is 31.6 Å². The normalized spacial score (nSPS) is 14.1. The maximum atomic E-state index is 12.9. The molecule has 3 aromatic rings. The molecule has 0 aliphatic heterocycles. The number of alkyl halides is 6. The van der Waals surface area contributed by atoms with Crippen LogP contribution in [-0.4, -0.2) is 25.5 Å². The van der Waals surface area contributed by atoms with Crippen molar-refractivity contribution in [2.45, 2.75) is 31.4 Å². The number of nitrogens with one attached hydrogen (secondary N) is 1. The Morgan fingerprint density at radius 3 is 2.06 bits per heavy atom. The number of nitrogens with zero attached hydrogens (tertiary/aromatic N) is 4. The van der Waals surface area contributed by atoms with Crippen molar-refractivity contribution in [3.63, 3.8) is 0 Å². The van der Waals surface area contributed by atoms with Crippen molar-refractivity contribution in [2.75, 3.05) is 0 Å². The molecule has 0 radical (unpaired) electrons. The van der Waals surface area contributed by atoms with Crippen molar-refractivity contribution in [1.29, 1.82) is 5.26 Å². The van der Waals surface area contributed by atoms with Crippen molar-refractivity contribution in [3.05, 3.63) is 59.2 Å². The minimum atomic E-state index is -4.53. The van der Waals surface area contributed by atoms with Gasteiger partial charge in [0.2, 0.25) is 0 Å². The number of benzene rings is 2. The number of halogens is 6. The Hall–Kier alpha value is -3.20. The fourth-order valence-corrected chi connectivity index (χ4v) is 3.09. The number of hydrogen-bond acceptors (Lipinski definition) is 4. The van der Waals surface area contributed by atoms with Crippen LogP contribution in [-0.2, 0) is 18.9 Å². The second kappa shape index (κ2) is 7.81. The Balaban J connectivity index is 1.79. The summed E-state index contributed by atoms with van der Waals surface area (Å²) < 4.78 is 76.7. The molecule has 0 saturated carbocycles. The molecule has 0 aliphatic rings. The van der Waals surface area contributed by atoms with E-state index in [0.717, 1.165) is 29.1 Å². The monoisotopic (exact) mass is 457 g/mol. The molecule has 1 atom stereocenters. The summed E-state index contributed by atoms with van der Waals surface area (Å²) in [5, 5.41) is 20.4. The summed E-state index contributed by atoms with van der Waals surface area (Å²) in [4.78, 5) is 1.09. The maximum Gasteiger partial charge on any atom is 0.416 e. The van der Waals surface area contributed by atoms with E-state index in [0.29, 0.717) is 0 Å². The van der Waals surface area contributed by atoms with Crippen molar-refractivity contribution in [2.24, 2.45) is 0 Å². The van der Waals surface area contributed by atoms with E-state index in [4.69, 9.17) is 12.2 Å². The molecule has 2 aromatic carbocycles. The Labute approximate surface area is 177 Å². The van der Waals surface area contributed by atoms with Crippen LogP contribution in [0.4, 0.5) is 26.3 Å². The van der Waals surface area contributed by atoms with Gasteiger partial charge in [0.15, 0.2) is 0 Å². The average molecular weight is 457 g/mol. The molecular weight excluding hydrogens is 444 g/mol. The van der Waals surface area contributed by atoms with Crippen molar-refractivity contribution < 1.29 is 26.3 Å². The number of fused-ring (bicyclic) bond motifs is 1. The van der Waals surface area contributed by atoms with Crippen LogP contribution in [0.5, 0.6) is 0 Å². The SMILES string of the molecule is CC(C#N)(Cn1nc2ccc(C(F)(F)F)cc2n1)NC(=S)c1ccc(C(F)(F)F)cc1. The van der Waals surface area contributed by atoms with E-state index >= 15 is 0 Å². The van der Waals surface area contributed by atoms with Gasteiger partial charge in [0.25, 0.3) is 0 Å². The number of aromatic nitrogens is 3. The minimum Gasteiger partial charge on any atom is -0.357 e. The lowest BCUT2D eigenvalue weighted by molar-refractivity contribution is -0.138. The molecule has 1 aromatic heterocycles. The van der Waals surface area contributed by atoms with E-state index in [1.807, 2.05) is 6.07 Å². The van der Waals surface area contributed by atoms with Crippen molar-refractivity contribution >= 4 is 28.2 Å². The Kier molecular flexibility index (Phi) is 5.66. The number of rotatable bonds is 4. The van der Waals surface area contributed by atoms with E-state index in [2.05, 4.69) is 15.5 Å². The van der Waals surface area contributed by atoms with Crippen LogP contribution in [0, 0.1) is 11.3 Å². The van der Waals surface area contributed by atoms with E-state index in [1.165, 1.54) is 25.1 Å². The molecule has 0 bridgehead atoms. The molecule has 0 amide bonds. The summed E-state index contributed by atoms with van der Waals surface area (Å²) in [7, 11) is 0. The van der Waals surface area contributed by atoms with Crippen LogP contribution in [0.25, 0.3) is 11.0 Å². The van der Waals surface area contributed by atoms with Crippen LogP contribution in [0.2, 0.25) is 0 Å². The van der Waals surface area contributed by atoms with Gasteiger partial charge in [-0.15, -0.1) is 0 Å². The van der Waals surface area contributed by atoms with Gasteiger partial charge in [0.05, 0.1) is 23.7 Å². The van der Waals surface area contributed by atoms with E-state index in [1.54, 1.807) is 0 Å². The first kappa shape index (κ1) is 22.5. The molecule has 1 heterocycles. The van der Waals surface area contributed by atoms with Gasteiger partial charge in [-0.2, -0.15) is 46.6 Å². The second-order valence-electron chi connectivity index (χ2n) is 6.90. The fraction of sp³-hybridized carbons (Fsp3) is 0.263. The fourth-order valence-electron chi connectivity index (χ4n) is 2.73. The molecule has 1 N–H and O–H groups in total. The smallest absolute Gasteiger partial charge is 0.357 e. The third-order valence-electron chi connectivity index (χ3n) is 4.32. The van der Waals surface area contributed by atoms with E-state index in [-0.39, 0.29) is 28.1 Å². The molecule has 0 aliphatic carbocycles. The number of thiocarbonyl (C=S) groups is 1. The summed E-state index contributed by atoms with van der Waals surface area (Å²) in [6, 6.07) is 8.97. The molecule has 3 rings (SSSR count). The molecule has 0 fully saturated rings. The standard InChI is InChI=1S/C19H13F6N5S/c1-17(9-26,27-16(31)11-2-4-12(5-3-11)18(20,21)22)10-30-28-14-7-6-13(19(23,24)25)8-15(14)29-30/h2-8H,10H2,1H3,(H,27,31). The lowest BCUT2D eigenvalue weighted by Gasteiger charge is -2.24. The van der Waals surface area contributed by atoms with Crippen LogP contribution >= 0.6 is 12.2 Å². The van der Waals surface area contributed by atoms with Gasteiger partial charge < -0.3 is 5.32 Å². The highest BCUT2D eigenvalue weighted by Gasteiger charge is 2.32. The summed E-state index contributed by atoms with van der Waals surface area (Å²) in [6.45, 7) is 1.28. The molecule has 1 unspecified atom stereocenters. The molecular formula is C19H13F6N5S. The Morgan fingerprint density at radius 1 is 0.968 bits per heavy atom. The predicted molar refractivity (Wildman–Crippen MR) is 103 cm³/mol. The average Bonchev–Trinajstić information content (AvgIpc) is 3.07. The molecule has 12 heteroatoms. The summed E-state index contributed by atoms with van der Waals surface area (Å²) in [5.74, 6) is 0. The van der Waals surface area contributed by atoms with Crippen LogP contribution in [0.1, 0.15) is 23.6 Å². The molecule has 5 nitrogen and oxygen atoms in total. The topological polar surface area (TPSA) is 66.5 Å². The summed E-state index contributed by atoms with van der Waals surface area (Å²) in [5.41, 5.74) is -2.64. The highest BCUT2D eigenvalue weighted by atomic mass is 32.1. The van der Waals surface area contributed by atoms with E-state index < -0.39 is 29.0 Å². The second-order valence-corrected chi connectivity index (χ2v) is 7.31. The van der Waals surface area contributed by atoms with Crippen molar-refractivity contribution in [3.8, 4) is 6.07 Å². The van der Waals surface area contributed by atoms with Gasteiger partial charge in [0, 0.05) is 5.56 Å². The minimum absolute atomic E-state index is 0.000399. The Bertz CT molecular complexity index is 1160. The zero-order valence-corrected chi connectivity index (χ0v) is 16.5. The van der Waals surface area contributed by atoms with Crippen molar-refractivity contribution in [1.82, 2.24) is 20.3 Å². The first-order valence-corrected chi connectivity index (χ1v) is 9.05. The summed E-state index contributed by atoms with van der Waals surface area (Å²) >= 11 is 5.19. The predicted octanol–water partition coefficient (Wildman–Crippen LogP) is 4.72. The highest BCUT2D eigenvalue weighted by Crippen LogP contribution is 2.31. The maximum absolute atomic E-state index is 12.9. The zero-order chi connectivity index (χ0) is 23.0. The molecule has 0 saturated heterocycles. The van der Waals surface area contributed by atoms with Gasteiger partial charge in [-0.3, -0.25) is 0 Å². The highest BCUT2D eigenvalue weighted by molar-refractivity contribution is 7.80. The largest absolute Gasteiger partial charge is 0.416 e. The lowest BCUT2D eigenvalue weighted by Crippen LogP contribution is -2.48. The third-order valence-corrected chi connectivity index (χ3v) is 4.66. The van der Waals surface area contributed by atoms with Crippen LogP contribution < -0.4 is 5.32 Å². The van der Waals surface area contributed by atoms with Gasteiger partial charge >= 0.3 is 12.4 Å². The van der Waals surface area contributed by atoms with Gasteiger partial charge in [-0.05, 0) is 37.3 Å². The third kappa shape index (κ3) is 5.11. The molecule has 31 heavy (non-hydrogen) atoms. The van der Waals surface area contributed by atoms with Crippen LogP contribution in [0.3, 0.4) is 0 Å². The molecule has 162 valence electrons. The lowest BCUT2D eigenvalue weighted by atomic mass is 10.0. The van der Waals surface area contributed by atoms with Gasteiger partial charge in [-0.1, -0.05) is 24.4 Å². The first-order chi connectivity index (χ1) is 14.3.